The van der Waals surface area contributed by atoms with Crippen LogP contribution >= 0.6 is 11.8 Å². The summed E-state index contributed by atoms with van der Waals surface area (Å²) in [6, 6.07) is 9.32. The third kappa shape index (κ3) is 4.20. The van der Waals surface area contributed by atoms with E-state index in [2.05, 4.69) is 11.4 Å². The molecule has 2 atom stereocenters. The van der Waals surface area contributed by atoms with Gasteiger partial charge < -0.3 is 15.3 Å². The molecule has 1 aromatic carbocycles. The number of rotatable bonds is 5. The summed E-state index contributed by atoms with van der Waals surface area (Å²) in [6.07, 6.45) is 0.450. The second-order valence-corrected chi connectivity index (χ2v) is 7.37. The van der Waals surface area contributed by atoms with Gasteiger partial charge in [0.25, 0.3) is 0 Å². The predicted octanol–water partition coefficient (Wildman–Crippen LogP) is 3.27. The Morgan fingerprint density at radius 2 is 2.21 bits per heavy atom. The fraction of sp³-hybridized carbons (Fsp3) is 0.471. The van der Waals surface area contributed by atoms with Crippen LogP contribution in [0.25, 0.3) is 0 Å². The maximum Gasteiger partial charge on any atom is 0.321 e. The molecule has 6 nitrogen and oxygen atoms in total. The van der Waals surface area contributed by atoms with Gasteiger partial charge in [0.1, 0.15) is 0 Å². The number of para-hydroxylation sites is 1. The van der Waals surface area contributed by atoms with Crippen molar-refractivity contribution in [1.29, 1.82) is 5.26 Å². The maximum absolute atomic E-state index is 12.4. The molecule has 1 fully saturated rings. The Hall–Kier alpha value is -2.20. The molecule has 1 aromatic rings. The van der Waals surface area contributed by atoms with E-state index in [1.54, 1.807) is 6.92 Å². The number of carboxylic acids is 1. The fourth-order valence-corrected chi connectivity index (χ4v) is 3.40. The summed E-state index contributed by atoms with van der Waals surface area (Å²) >= 11 is 1.52. The predicted molar refractivity (Wildman–Crippen MR) is 92.9 cm³/mol. The van der Waals surface area contributed by atoms with Crippen LogP contribution in [0.2, 0.25) is 0 Å². The number of nitrogens with one attached hydrogen (secondary N) is 1. The molecule has 2 rings (SSSR count). The number of carbonyl (C=O) groups is 2. The van der Waals surface area contributed by atoms with Crippen molar-refractivity contribution in [2.45, 2.75) is 25.2 Å². The number of hydrogen-bond donors (Lipinski definition) is 2. The van der Waals surface area contributed by atoms with Crippen LogP contribution in [0.1, 0.15) is 20.3 Å². The Kier molecular flexibility index (Phi) is 5.73. The highest BCUT2D eigenvalue weighted by Crippen LogP contribution is 2.32. The minimum absolute atomic E-state index is 0.0754. The molecule has 0 aliphatic carbocycles. The summed E-state index contributed by atoms with van der Waals surface area (Å²) in [7, 11) is 0. The molecule has 0 bridgehead atoms. The topological polar surface area (TPSA) is 93.4 Å². The summed E-state index contributed by atoms with van der Waals surface area (Å²) in [6.45, 7) is 4.14. The molecular weight excluding hydrogens is 326 g/mol. The first-order valence-electron chi connectivity index (χ1n) is 7.76. The standard InChI is InChI=1S/C17H21N3O3S/c1-12(9-18)10-24-14-6-4-3-5-13(14)19-16(23)20-8-7-17(2,11-20)15(21)22/h3-6,12H,7-8,10-11H2,1-2H3,(H,19,23)(H,21,22). The lowest BCUT2D eigenvalue weighted by atomic mass is 9.90. The minimum atomic E-state index is -0.881. The Labute approximate surface area is 145 Å². The van der Waals surface area contributed by atoms with Crippen molar-refractivity contribution in [1.82, 2.24) is 4.90 Å². The zero-order valence-electron chi connectivity index (χ0n) is 13.8. The molecule has 1 aliphatic heterocycles. The van der Waals surface area contributed by atoms with Crippen LogP contribution in [0.15, 0.2) is 29.2 Å². The third-order valence-corrected chi connectivity index (χ3v) is 5.45. The monoisotopic (exact) mass is 347 g/mol. The summed E-state index contributed by atoms with van der Waals surface area (Å²) in [5.41, 5.74) is -0.199. The number of amides is 2. The number of anilines is 1. The highest BCUT2D eigenvalue weighted by atomic mass is 32.2. The van der Waals surface area contributed by atoms with Gasteiger partial charge in [-0.1, -0.05) is 12.1 Å². The Morgan fingerprint density at radius 3 is 2.83 bits per heavy atom. The summed E-state index contributed by atoms with van der Waals surface area (Å²) in [5, 5.41) is 21.0. The lowest BCUT2D eigenvalue weighted by molar-refractivity contribution is -0.146. The van der Waals surface area contributed by atoms with E-state index in [4.69, 9.17) is 5.26 Å². The van der Waals surface area contributed by atoms with Gasteiger partial charge in [-0.05, 0) is 32.4 Å². The molecule has 0 spiro atoms. The molecule has 0 aromatic heterocycles. The number of thioether (sulfide) groups is 1. The third-order valence-electron chi connectivity index (χ3n) is 4.11. The van der Waals surface area contributed by atoms with Crippen molar-refractivity contribution in [3.8, 4) is 6.07 Å². The highest BCUT2D eigenvalue weighted by Gasteiger charge is 2.42. The summed E-state index contributed by atoms with van der Waals surface area (Å²) < 4.78 is 0. The number of aliphatic carboxylic acids is 1. The van der Waals surface area contributed by atoms with E-state index in [-0.39, 0.29) is 18.5 Å². The zero-order valence-corrected chi connectivity index (χ0v) is 14.6. The van der Waals surface area contributed by atoms with E-state index < -0.39 is 11.4 Å². The van der Waals surface area contributed by atoms with Crippen molar-refractivity contribution in [3.05, 3.63) is 24.3 Å². The Bertz CT molecular complexity index is 673. The summed E-state index contributed by atoms with van der Waals surface area (Å²) in [5.74, 6) is -0.308. The average Bonchev–Trinajstić information content (AvgIpc) is 2.97. The van der Waals surface area contributed by atoms with Crippen molar-refractivity contribution >= 4 is 29.4 Å². The van der Waals surface area contributed by atoms with E-state index in [1.165, 1.54) is 16.7 Å². The molecule has 7 heteroatoms. The van der Waals surface area contributed by atoms with Crippen LogP contribution in [-0.4, -0.2) is 40.8 Å². The van der Waals surface area contributed by atoms with Gasteiger partial charge in [0.05, 0.1) is 23.1 Å². The lowest BCUT2D eigenvalue weighted by Gasteiger charge is -2.21. The van der Waals surface area contributed by atoms with Crippen LogP contribution in [0.4, 0.5) is 10.5 Å². The van der Waals surface area contributed by atoms with E-state index in [9.17, 15) is 14.7 Å². The van der Waals surface area contributed by atoms with Gasteiger partial charge in [-0.15, -0.1) is 11.8 Å². The van der Waals surface area contributed by atoms with Gasteiger partial charge in [-0.2, -0.15) is 5.26 Å². The summed E-state index contributed by atoms with van der Waals surface area (Å²) in [4.78, 5) is 26.2. The smallest absolute Gasteiger partial charge is 0.321 e. The number of nitriles is 1. The van der Waals surface area contributed by atoms with Crippen LogP contribution in [0.3, 0.4) is 0 Å². The average molecular weight is 347 g/mol. The van der Waals surface area contributed by atoms with E-state index in [1.807, 2.05) is 31.2 Å². The van der Waals surface area contributed by atoms with E-state index in [0.717, 1.165) is 4.90 Å². The number of hydrogen-bond acceptors (Lipinski definition) is 4. The van der Waals surface area contributed by atoms with Gasteiger partial charge >= 0.3 is 12.0 Å². The molecule has 2 amide bonds. The number of nitrogens with zero attached hydrogens (tertiary/aromatic N) is 2. The van der Waals surface area contributed by atoms with Gasteiger partial charge in [0.15, 0.2) is 0 Å². The molecule has 1 heterocycles. The van der Waals surface area contributed by atoms with E-state index in [0.29, 0.717) is 24.4 Å². The van der Waals surface area contributed by atoms with Gasteiger partial charge in [0.2, 0.25) is 0 Å². The maximum atomic E-state index is 12.4. The SMILES string of the molecule is CC(C#N)CSc1ccccc1NC(=O)N1CCC(C)(C(=O)O)C1. The van der Waals surface area contributed by atoms with Crippen molar-refractivity contribution in [2.75, 3.05) is 24.2 Å². The van der Waals surface area contributed by atoms with Crippen molar-refractivity contribution in [3.63, 3.8) is 0 Å². The zero-order chi connectivity index (χ0) is 17.7. The molecule has 128 valence electrons. The number of carboxylic acid groups (broad SMARTS) is 1. The number of urea groups is 1. The second-order valence-electron chi connectivity index (χ2n) is 6.30. The first kappa shape index (κ1) is 18.1. The molecule has 0 radical (unpaired) electrons. The second kappa shape index (κ2) is 7.58. The number of carbonyl (C=O) groups excluding carboxylic acids is 1. The highest BCUT2D eigenvalue weighted by molar-refractivity contribution is 7.99. The number of benzene rings is 1. The van der Waals surface area contributed by atoms with E-state index >= 15 is 0 Å². The van der Waals surface area contributed by atoms with Gasteiger partial charge in [0, 0.05) is 23.7 Å². The molecule has 1 saturated heterocycles. The number of likely N-dealkylation sites (tertiary alicyclic amines) is 1. The quantitative estimate of drug-likeness (QED) is 0.797. The molecular formula is C17H21N3O3S. The fourth-order valence-electron chi connectivity index (χ4n) is 2.45. The molecule has 24 heavy (non-hydrogen) atoms. The van der Waals surface area contributed by atoms with Crippen LogP contribution < -0.4 is 5.32 Å². The lowest BCUT2D eigenvalue weighted by Crippen LogP contribution is -2.37. The molecule has 1 aliphatic rings. The van der Waals surface area contributed by atoms with Crippen LogP contribution in [0.5, 0.6) is 0 Å². The van der Waals surface area contributed by atoms with Crippen LogP contribution in [0, 0.1) is 22.7 Å². The van der Waals surface area contributed by atoms with Gasteiger partial charge in [-0.25, -0.2) is 4.79 Å². The minimum Gasteiger partial charge on any atom is -0.481 e. The largest absolute Gasteiger partial charge is 0.481 e. The molecule has 0 saturated carbocycles. The van der Waals surface area contributed by atoms with Crippen molar-refractivity contribution < 1.29 is 14.7 Å². The first-order chi connectivity index (χ1) is 11.4. The van der Waals surface area contributed by atoms with Crippen LogP contribution in [-0.2, 0) is 4.79 Å². The Balaban J connectivity index is 2.02. The molecule has 2 unspecified atom stereocenters. The van der Waals surface area contributed by atoms with Crippen molar-refractivity contribution in [2.24, 2.45) is 11.3 Å². The first-order valence-corrected chi connectivity index (χ1v) is 8.75. The van der Waals surface area contributed by atoms with Gasteiger partial charge in [-0.3, -0.25) is 4.79 Å². The normalized spacial score (nSPS) is 21.1. The Morgan fingerprint density at radius 1 is 1.50 bits per heavy atom. The molecule has 2 N–H and O–H groups in total.